The summed E-state index contributed by atoms with van der Waals surface area (Å²) < 4.78 is 5.26. The third-order valence-electron chi connectivity index (χ3n) is 5.38. The van der Waals surface area contributed by atoms with E-state index in [1.807, 2.05) is 68.5 Å². The highest BCUT2D eigenvalue weighted by atomic mass is 16.5. The number of aryl methyl sites for hydroxylation is 1. The minimum atomic E-state index is -0.384. The van der Waals surface area contributed by atoms with Gasteiger partial charge in [-0.15, -0.1) is 10.2 Å². The smallest absolute Gasteiger partial charge is 0.276 e. The maximum Gasteiger partial charge on any atom is 0.276 e. The molecule has 2 aromatic rings. The quantitative estimate of drug-likeness (QED) is 0.609. The Labute approximate surface area is 191 Å². The lowest BCUT2D eigenvalue weighted by Gasteiger charge is -2.27. The van der Waals surface area contributed by atoms with Crippen molar-refractivity contribution >= 4 is 11.8 Å². The Hall–Kier alpha value is -3.88. The predicted octanol–water partition coefficient (Wildman–Crippen LogP) is 3.35. The van der Waals surface area contributed by atoms with Gasteiger partial charge in [0.05, 0.1) is 5.92 Å². The molecule has 1 aliphatic heterocycles. The summed E-state index contributed by atoms with van der Waals surface area (Å²) in [5.74, 6) is 0.795. The number of aromatic nitrogens is 2. The van der Waals surface area contributed by atoms with Gasteiger partial charge >= 0.3 is 0 Å². The SMILES string of the molecule is CC(C)(CNC(=O)CCc1nc(-c2ccccc2)no1)CNC1=C2C=CC=CC2C(=O)N=N1. The van der Waals surface area contributed by atoms with Crippen LogP contribution < -0.4 is 10.6 Å². The summed E-state index contributed by atoms with van der Waals surface area (Å²) in [6.45, 7) is 5.09. The molecule has 2 heterocycles. The molecular weight excluding hydrogens is 420 g/mol. The summed E-state index contributed by atoms with van der Waals surface area (Å²) in [4.78, 5) is 28.6. The van der Waals surface area contributed by atoms with Gasteiger partial charge in [-0.3, -0.25) is 9.59 Å². The van der Waals surface area contributed by atoms with Gasteiger partial charge in [0.1, 0.15) is 0 Å². The predicted molar refractivity (Wildman–Crippen MR) is 122 cm³/mol. The topological polar surface area (TPSA) is 122 Å². The van der Waals surface area contributed by atoms with Crippen LogP contribution in [0.3, 0.4) is 0 Å². The van der Waals surface area contributed by atoms with Gasteiger partial charge < -0.3 is 15.2 Å². The van der Waals surface area contributed by atoms with Gasteiger partial charge in [0.25, 0.3) is 5.91 Å². The van der Waals surface area contributed by atoms with Gasteiger partial charge in [-0.25, -0.2) is 0 Å². The van der Waals surface area contributed by atoms with E-state index in [4.69, 9.17) is 4.52 Å². The zero-order chi connectivity index (χ0) is 23.3. The van der Waals surface area contributed by atoms with Gasteiger partial charge in [-0.05, 0) is 5.41 Å². The van der Waals surface area contributed by atoms with Crippen LogP contribution in [0.25, 0.3) is 11.4 Å². The molecule has 0 spiro atoms. The lowest BCUT2D eigenvalue weighted by atomic mass is 9.91. The van der Waals surface area contributed by atoms with Crippen molar-refractivity contribution in [2.45, 2.75) is 26.7 Å². The van der Waals surface area contributed by atoms with Crippen LogP contribution in [0.5, 0.6) is 0 Å². The van der Waals surface area contributed by atoms with E-state index >= 15 is 0 Å². The lowest BCUT2D eigenvalue weighted by Crippen LogP contribution is -2.40. The zero-order valence-corrected chi connectivity index (χ0v) is 18.6. The Kier molecular flexibility index (Phi) is 6.58. The Bertz CT molecular complexity index is 1140. The van der Waals surface area contributed by atoms with Crippen LogP contribution >= 0.6 is 0 Å². The first kappa shape index (κ1) is 22.3. The van der Waals surface area contributed by atoms with Crippen molar-refractivity contribution < 1.29 is 14.1 Å². The molecule has 0 saturated heterocycles. The molecule has 1 atom stereocenters. The van der Waals surface area contributed by atoms with Gasteiger partial charge in [0.15, 0.2) is 5.82 Å². The summed E-state index contributed by atoms with van der Waals surface area (Å²) in [7, 11) is 0. The van der Waals surface area contributed by atoms with Gasteiger partial charge in [0.2, 0.25) is 17.6 Å². The number of allylic oxidation sites excluding steroid dienone is 3. The molecule has 33 heavy (non-hydrogen) atoms. The Morgan fingerprint density at radius 1 is 1.12 bits per heavy atom. The highest BCUT2D eigenvalue weighted by molar-refractivity contribution is 5.86. The second-order valence-corrected chi connectivity index (χ2v) is 8.74. The summed E-state index contributed by atoms with van der Waals surface area (Å²) in [6, 6.07) is 9.55. The van der Waals surface area contributed by atoms with Crippen LogP contribution in [-0.2, 0) is 16.0 Å². The molecule has 2 amide bonds. The number of fused-ring (bicyclic) bond motifs is 1. The molecule has 2 N–H and O–H groups in total. The number of hydrogen-bond donors (Lipinski definition) is 2. The van der Waals surface area contributed by atoms with Crippen molar-refractivity contribution in [3.63, 3.8) is 0 Å². The highest BCUT2D eigenvalue weighted by Gasteiger charge is 2.28. The average molecular weight is 447 g/mol. The zero-order valence-electron chi connectivity index (χ0n) is 18.6. The van der Waals surface area contributed by atoms with Crippen LogP contribution in [-0.4, -0.2) is 35.0 Å². The summed E-state index contributed by atoms with van der Waals surface area (Å²) in [5, 5.41) is 18.0. The second kappa shape index (κ2) is 9.72. The number of azo groups is 1. The first-order valence-corrected chi connectivity index (χ1v) is 10.8. The average Bonchev–Trinajstić information content (AvgIpc) is 3.31. The summed E-state index contributed by atoms with van der Waals surface area (Å²) in [6.07, 6.45) is 8.02. The van der Waals surface area contributed by atoms with E-state index in [1.165, 1.54) is 0 Å². The first-order chi connectivity index (χ1) is 15.9. The molecule has 9 nitrogen and oxygen atoms in total. The van der Waals surface area contributed by atoms with Crippen LogP contribution in [0.1, 0.15) is 26.2 Å². The number of rotatable bonds is 9. The second-order valence-electron chi connectivity index (χ2n) is 8.74. The Morgan fingerprint density at radius 3 is 2.76 bits per heavy atom. The first-order valence-electron chi connectivity index (χ1n) is 10.8. The van der Waals surface area contributed by atoms with Crippen molar-refractivity contribution in [3.05, 3.63) is 71.9 Å². The number of carbonyl (C=O) groups is 2. The fraction of sp³-hybridized carbons (Fsp3) is 0.333. The number of amides is 2. The van der Waals surface area contributed by atoms with E-state index in [-0.39, 0.29) is 29.6 Å². The van der Waals surface area contributed by atoms with Crippen LogP contribution in [0.2, 0.25) is 0 Å². The number of benzene rings is 1. The molecule has 1 aromatic carbocycles. The monoisotopic (exact) mass is 446 g/mol. The summed E-state index contributed by atoms with van der Waals surface area (Å²) in [5.41, 5.74) is 1.43. The van der Waals surface area contributed by atoms with Gasteiger partial charge in [-0.2, -0.15) is 4.98 Å². The van der Waals surface area contributed by atoms with Crippen molar-refractivity contribution in [1.82, 2.24) is 20.8 Å². The molecule has 0 saturated carbocycles. The van der Waals surface area contributed by atoms with Crippen molar-refractivity contribution in [2.24, 2.45) is 21.6 Å². The molecule has 0 radical (unpaired) electrons. The maximum atomic E-state index is 12.4. The van der Waals surface area contributed by atoms with E-state index in [1.54, 1.807) is 0 Å². The van der Waals surface area contributed by atoms with E-state index in [0.717, 1.165) is 11.1 Å². The largest absolute Gasteiger partial charge is 0.368 e. The number of carbonyl (C=O) groups excluding carboxylic acids is 2. The third-order valence-corrected chi connectivity index (χ3v) is 5.38. The molecular formula is C24H26N6O3. The lowest BCUT2D eigenvalue weighted by molar-refractivity contribution is -0.122. The minimum Gasteiger partial charge on any atom is -0.368 e. The molecule has 2 aliphatic rings. The molecule has 170 valence electrons. The normalized spacial score (nSPS) is 17.3. The molecule has 0 bridgehead atoms. The molecule has 1 unspecified atom stereocenters. The van der Waals surface area contributed by atoms with Crippen molar-refractivity contribution in [3.8, 4) is 11.4 Å². The third kappa shape index (κ3) is 5.68. The van der Waals surface area contributed by atoms with Gasteiger partial charge in [-0.1, -0.05) is 73.6 Å². The van der Waals surface area contributed by atoms with Crippen molar-refractivity contribution in [2.75, 3.05) is 13.1 Å². The van der Waals surface area contributed by atoms with E-state index in [2.05, 4.69) is 31.0 Å². The maximum absolute atomic E-state index is 12.4. The molecule has 9 heteroatoms. The fourth-order valence-electron chi connectivity index (χ4n) is 3.43. The fourth-order valence-corrected chi connectivity index (χ4v) is 3.43. The molecule has 0 fully saturated rings. The van der Waals surface area contributed by atoms with E-state index in [9.17, 15) is 9.59 Å². The highest BCUT2D eigenvalue weighted by Crippen LogP contribution is 2.27. The minimum absolute atomic E-state index is 0.0899. The van der Waals surface area contributed by atoms with E-state index in [0.29, 0.717) is 37.0 Å². The number of nitrogens with zero attached hydrogens (tertiary/aromatic N) is 4. The van der Waals surface area contributed by atoms with Crippen LogP contribution in [0.4, 0.5) is 0 Å². The molecule has 4 rings (SSSR count). The standard InChI is InChI=1S/C24H26N6O3/c1-24(2,15-26-22-17-10-6-7-11-18(17)23(32)29-28-22)14-25-19(31)12-13-20-27-21(30-33-20)16-8-4-3-5-9-16/h3-11,18,26H,12-15H2,1-2H3,(H,25,31). The summed E-state index contributed by atoms with van der Waals surface area (Å²) >= 11 is 0. The van der Waals surface area contributed by atoms with Crippen molar-refractivity contribution in [1.29, 1.82) is 0 Å². The Balaban J connectivity index is 1.24. The number of hydrogen-bond acceptors (Lipinski definition) is 7. The van der Waals surface area contributed by atoms with Crippen LogP contribution in [0, 0.1) is 11.3 Å². The van der Waals surface area contributed by atoms with Gasteiger partial charge in [0, 0.05) is 37.1 Å². The number of nitrogens with one attached hydrogen (secondary N) is 2. The van der Waals surface area contributed by atoms with E-state index < -0.39 is 0 Å². The van der Waals surface area contributed by atoms with Crippen LogP contribution in [0.15, 0.2) is 80.8 Å². The molecule has 1 aliphatic carbocycles. The Morgan fingerprint density at radius 2 is 1.94 bits per heavy atom. The molecule has 1 aromatic heterocycles.